The van der Waals surface area contributed by atoms with E-state index in [4.69, 9.17) is 5.73 Å². The van der Waals surface area contributed by atoms with E-state index in [0.717, 1.165) is 19.3 Å². The van der Waals surface area contributed by atoms with Gasteiger partial charge in [-0.25, -0.2) is 13.1 Å². The number of nitrogens with zero attached hydrogens (tertiary/aromatic N) is 1. The minimum absolute atomic E-state index is 0.00359. The van der Waals surface area contributed by atoms with Crippen molar-refractivity contribution in [3.05, 3.63) is 11.8 Å². The van der Waals surface area contributed by atoms with Crippen molar-refractivity contribution < 1.29 is 8.42 Å². The third-order valence-electron chi connectivity index (χ3n) is 4.22. The highest BCUT2D eigenvalue weighted by Gasteiger charge is 2.35. The van der Waals surface area contributed by atoms with E-state index in [2.05, 4.69) is 28.8 Å². The van der Waals surface area contributed by atoms with Crippen LogP contribution in [0.15, 0.2) is 11.2 Å². The molecule has 1 heterocycles. The third kappa shape index (κ3) is 2.82. The van der Waals surface area contributed by atoms with E-state index < -0.39 is 10.0 Å². The molecule has 3 unspecified atom stereocenters. The molecule has 108 valence electrons. The Morgan fingerprint density at radius 2 is 2.26 bits per heavy atom. The number of rotatable bonds is 5. The van der Waals surface area contributed by atoms with Gasteiger partial charge >= 0.3 is 0 Å². The Balaban J connectivity index is 2.15. The predicted octanol–water partition coefficient (Wildman–Crippen LogP) is 0.971. The lowest BCUT2D eigenvalue weighted by atomic mass is 9.94. The lowest BCUT2D eigenvalue weighted by Gasteiger charge is -2.20. The summed E-state index contributed by atoms with van der Waals surface area (Å²) in [6.45, 7) is 4.43. The molecular formula is C12H22N4O2S. The fourth-order valence-corrected chi connectivity index (χ4v) is 4.43. The van der Waals surface area contributed by atoms with Crippen LogP contribution in [-0.4, -0.2) is 24.7 Å². The maximum atomic E-state index is 12.3. The number of nitrogens with two attached hydrogens (primary N) is 1. The molecule has 1 aromatic rings. The van der Waals surface area contributed by atoms with Gasteiger partial charge in [0.2, 0.25) is 0 Å². The number of H-pyrrole nitrogens is 1. The normalized spacial score (nSPS) is 27.8. The molecular weight excluding hydrogens is 264 g/mol. The van der Waals surface area contributed by atoms with Crippen LogP contribution in [0.1, 0.15) is 38.7 Å². The van der Waals surface area contributed by atoms with Crippen LogP contribution >= 0.6 is 0 Å². The lowest BCUT2D eigenvalue weighted by molar-refractivity contribution is 0.368. The second-order valence-electron chi connectivity index (χ2n) is 5.26. The first-order valence-corrected chi connectivity index (χ1v) is 8.22. The first-order valence-electron chi connectivity index (χ1n) is 6.74. The predicted molar refractivity (Wildman–Crippen MR) is 72.8 cm³/mol. The van der Waals surface area contributed by atoms with Gasteiger partial charge in [-0.05, 0) is 24.7 Å². The van der Waals surface area contributed by atoms with Crippen molar-refractivity contribution in [2.45, 2.75) is 50.7 Å². The van der Waals surface area contributed by atoms with Crippen LogP contribution in [0.2, 0.25) is 0 Å². The Hall–Kier alpha value is -0.920. The zero-order chi connectivity index (χ0) is 14.0. The molecule has 6 nitrogen and oxygen atoms in total. The van der Waals surface area contributed by atoms with E-state index in [1.165, 1.54) is 6.20 Å². The zero-order valence-corrected chi connectivity index (χ0v) is 12.2. The number of hydrogen-bond donors (Lipinski definition) is 3. The number of hydrogen-bond acceptors (Lipinski definition) is 4. The Kier molecular flexibility index (Phi) is 4.27. The van der Waals surface area contributed by atoms with Crippen LogP contribution in [0, 0.1) is 11.8 Å². The van der Waals surface area contributed by atoms with Crippen molar-refractivity contribution in [1.29, 1.82) is 0 Å². The molecule has 0 saturated heterocycles. The standard InChI is InChI=1S/C12H22N4O2S/c1-3-9-4-5-11(8(9)2)16-19(17,18)12-10(6-13)7-14-15-12/h7-9,11,16H,3-6,13H2,1-2H3,(H,14,15). The highest BCUT2D eigenvalue weighted by molar-refractivity contribution is 7.89. The Morgan fingerprint density at radius 3 is 2.84 bits per heavy atom. The zero-order valence-electron chi connectivity index (χ0n) is 11.4. The van der Waals surface area contributed by atoms with Gasteiger partial charge in [0.05, 0.1) is 6.20 Å². The van der Waals surface area contributed by atoms with E-state index in [0.29, 0.717) is 17.4 Å². The summed E-state index contributed by atoms with van der Waals surface area (Å²) in [5, 5.41) is 6.39. The summed E-state index contributed by atoms with van der Waals surface area (Å²) in [6, 6.07) is 0.00359. The summed E-state index contributed by atoms with van der Waals surface area (Å²) < 4.78 is 27.5. The average Bonchev–Trinajstić information content (AvgIpc) is 2.97. The van der Waals surface area contributed by atoms with Gasteiger partial charge in [-0.15, -0.1) is 0 Å². The second-order valence-corrected chi connectivity index (χ2v) is 6.91. The quantitative estimate of drug-likeness (QED) is 0.750. The molecule has 0 bridgehead atoms. The van der Waals surface area contributed by atoms with Crippen molar-refractivity contribution in [3.8, 4) is 0 Å². The summed E-state index contributed by atoms with van der Waals surface area (Å²) in [6.07, 6.45) is 4.53. The average molecular weight is 286 g/mol. The Morgan fingerprint density at radius 1 is 1.53 bits per heavy atom. The van der Waals surface area contributed by atoms with Crippen LogP contribution in [-0.2, 0) is 16.6 Å². The van der Waals surface area contributed by atoms with Gasteiger partial charge in [-0.3, -0.25) is 5.10 Å². The van der Waals surface area contributed by atoms with E-state index in [1.807, 2.05) is 0 Å². The molecule has 0 aliphatic heterocycles. The molecule has 7 heteroatoms. The van der Waals surface area contributed by atoms with Crippen LogP contribution < -0.4 is 10.5 Å². The second kappa shape index (κ2) is 5.60. The van der Waals surface area contributed by atoms with Gasteiger partial charge in [0, 0.05) is 18.2 Å². The van der Waals surface area contributed by atoms with Crippen molar-refractivity contribution in [2.24, 2.45) is 17.6 Å². The molecule has 1 fully saturated rings. The van der Waals surface area contributed by atoms with Crippen molar-refractivity contribution in [1.82, 2.24) is 14.9 Å². The van der Waals surface area contributed by atoms with Crippen LogP contribution in [0.3, 0.4) is 0 Å². The minimum Gasteiger partial charge on any atom is -0.326 e. The van der Waals surface area contributed by atoms with Crippen LogP contribution in [0.5, 0.6) is 0 Å². The third-order valence-corrected chi connectivity index (χ3v) is 5.73. The van der Waals surface area contributed by atoms with E-state index in [1.54, 1.807) is 0 Å². The largest absolute Gasteiger partial charge is 0.326 e. The number of sulfonamides is 1. The van der Waals surface area contributed by atoms with Gasteiger partial charge in [0.15, 0.2) is 5.03 Å². The topological polar surface area (TPSA) is 101 Å². The number of nitrogens with one attached hydrogen (secondary N) is 2. The molecule has 19 heavy (non-hydrogen) atoms. The smallest absolute Gasteiger partial charge is 0.258 e. The summed E-state index contributed by atoms with van der Waals surface area (Å²) in [5.41, 5.74) is 6.04. The SMILES string of the molecule is CCC1CCC(NS(=O)(=O)c2[nH]ncc2CN)C1C. The summed E-state index contributed by atoms with van der Waals surface area (Å²) >= 11 is 0. The van der Waals surface area contributed by atoms with Gasteiger partial charge in [0.1, 0.15) is 0 Å². The van der Waals surface area contributed by atoms with E-state index in [9.17, 15) is 8.42 Å². The molecule has 0 aromatic carbocycles. The molecule has 2 rings (SSSR count). The Labute approximate surface area is 114 Å². The molecule has 1 saturated carbocycles. The fraction of sp³-hybridized carbons (Fsp3) is 0.750. The highest BCUT2D eigenvalue weighted by atomic mass is 32.2. The van der Waals surface area contributed by atoms with Crippen molar-refractivity contribution in [2.75, 3.05) is 0 Å². The Bertz CT molecular complexity index is 526. The maximum absolute atomic E-state index is 12.3. The maximum Gasteiger partial charge on any atom is 0.258 e. The molecule has 0 amide bonds. The molecule has 1 aliphatic rings. The summed E-state index contributed by atoms with van der Waals surface area (Å²) in [4.78, 5) is 0. The van der Waals surface area contributed by atoms with Gasteiger partial charge in [-0.2, -0.15) is 5.10 Å². The number of aromatic amines is 1. The molecule has 0 radical (unpaired) electrons. The summed E-state index contributed by atoms with van der Waals surface area (Å²) in [5.74, 6) is 0.965. The van der Waals surface area contributed by atoms with Crippen molar-refractivity contribution >= 4 is 10.0 Å². The van der Waals surface area contributed by atoms with E-state index in [-0.39, 0.29) is 17.6 Å². The molecule has 1 aliphatic carbocycles. The van der Waals surface area contributed by atoms with Gasteiger partial charge in [0.25, 0.3) is 10.0 Å². The lowest BCUT2D eigenvalue weighted by Crippen LogP contribution is -2.38. The van der Waals surface area contributed by atoms with Gasteiger partial charge < -0.3 is 5.73 Å². The molecule has 0 spiro atoms. The molecule has 3 atom stereocenters. The first-order chi connectivity index (χ1) is 8.99. The summed E-state index contributed by atoms with van der Waals surface area (Å²) in [7, 11) is -3.56. The monoisotopic (exact) mass is 286 g/mol. The van der Waals surface area contributed by atoms with Crippen LogP contribution in [0.4, 0.5) is 0 Å². The van der Waals surface area contributed by atoms with Crippen LogP contribution in [0.25, 0.3) is 0 Å². The first kappa shape index (κ1) is 14.5. The van der Waals surface area contributed by atoms with Gasteiger partial charge in [-0.1, -0.05) is 20.3 Å². The minimum atomic E-state index is -3.56. The van der Waals surface area contributed by atoms with Crippen molar-refractivity contribution in [3.63, 3.8) is 0 Å². The van der Waals surface area contributed by atoms with E-state index >= 15 is 0 Å². The number of aromatic nitrogens is 2. The highest BCUT2D eigenvalue weighted by Crippen LogP contribution is 2.34. The molecule has 4 N–H and O–H groups in total. The fourth-order valence-electron chi connectivity index (χ4n) is 2.93. The molecule has 1 aromatic heterocycles.